The molecule has 2 N–H and O–H groups in total. The summed E-state index contributed by atoms with van der Waals surface area (Å²) in [5.74, 6) is -1.08. The molecule has 0 bridgehead atoms. The van der Waals surface area contributed by atoms with Crippen LogP contribution in [0.3, 0.4) is 0 Å². The van der Waals surface area contributed by atoms with Gasteiger partial charge in [-0.3, -0.25) is 4.90 Å². The maximum atomic E-state index is 14.1. The van der Waals surface area contributed by atoms with Crippen molar-refractivity contribution in [2.75, 3.05) is 13.1 Å². The number of nitrogens with two attached hydrogens (primary N) is 1. The Balaban J connectivity index is 1.94. The first-order valence-electron chi connectivity index (χ1n) is 7.09. The van der Waals surface area contributed by atoms with E-state index in [2.05, 4.69) is 23.3 Å². The van der Waals surface area contributed by atoms with Gasteiger partial charge in [0, 0.05) is 35.6 Å². The molecule has 5 heteroatoms. The summed E-state index contributed by atoms with van der Waals surface area (Å²) in [7, 11) is 0. The summed E-state index contributed by atoms with van der Waals surface area (Å²) in [6.07, 6.45) is 0.955. The normalized spacial score (nSPS) is 20.3. The van der Waals surface area contributed by atoms with E-state index < -0.39 is 11.6 Å². The Morgan fingerprint density at radius 3 is 2.90 bits per heavy atom. The fraction of sp³-hybridized carbons (Fsp3) is 0.375. The molecule has 112 valence electrons. The number of hydrogen-bond acceptors (Lipinski definition) is 3. The molecule has 2 atom stereocenters. The molecule has 0 radical (unpaired) electrons. The molecule has 0 fully saturated rings. The van der Waals surface area contributed by atoms with Crippen LogP contribution >= 0.6 is 11.3 Å². The zero-order chi connectivity index (χ0) is 15.0. The molecule has 0 amide bonds. The second-order valence-electron chi connectivity index (χ2n) is 5.38. The minimum Gasteiger partial charge on any atom is -0.329 e. The molecule has 1 aliphatic heterocycles. The fourth-order valence-corrected chi connectivity index (χ4v) is 4.13. The fourth-order valence-electron chi connectivity index (χ4n) is 3.17. The Morgan fingerprint density at radius 2 is 2.19 bits per heavy atom. The van der Waals surface area contributed by atoms with Gasteiger partial charge in [-0.2, -0.15) is 0 Å². The van der Waals surface area contributed by atoms with Gasteiger partial charge in [0.15, 0.2) is 0 Å². The first-order chi connectivity index (χ1) is 10.1. The van der Waals surface area contributed by atoms with Crippen molar-refractivity contribution in [2.45, 2.75) is 25.4 Å². The van der Waals surface area contributed by atoms with Crippen LogP contribution in [0, 0.1) is 11.6 Å². The number of benzene rings is 1. The van der Waals surface area contributed by atoms with Crippen molar-refractivity contribution in [3.63, 3.8) is 0 Å². The Kier molecular flexibility index (Phi) is 4.06. The van der Waals surface area contributed by atoms with Crippen LogP contribution in [-0.4, -0.2) is 18.0 Å². The molecule has 2 heterocycles. The zero-order valence-corrected chi connectivity index (χ0v) is 12.7. The van der Waals surface area contributed by atoms with Crippen LogP contribution in [0.1, 0.15) is 35.0 Å². The van der Waals surface area contributed by atoms with Gasteiger partial charge in [-0.25, -0.2) is 8.78 Å². The van der Waals surface area contributed by atoms with Gasteiger partial charge in [0.05, 0.1) is 6.04 Å². The molecule has 1 aromatic heterocycles. The third-order valence-electron chi connectivity index (χ3n) is 4.27. The van der Waals surface area contributed by atoms with Crippen LogP contribution in [-0.2, 0) is 6.42 Å². The lowest BCUT2D eigenvalue weighted by atomic mass is 9.95. The van der Waals surface area contributed by atoms with E-state index in [9.17, 15) is 8.78 Å². The van der Waals surface area contributed by atoms with E-state index in [1.807, 2.05) is 0 Å². The molecular weight excluding hydrogens is 290 g/mol. The van der Waals surface area contributed by atoms with Crippen LogP contribution < -0.4 is 5.73 Å². The highest BCUT2D eigenvalue weighted by molar-refractivity contribution is 7.10. The minimum atomic E-state index is -0.557. The number of fused-ring (bicyclic) bond motifs is 1. The highest BCUT2D eigenvalue weighted by atomic mass is 32.1. The van der Waals surface area contributed by atoms with E-state index in [4.69, 9.17) is 5.73 Å². The van der Waals surface area contributed by atoms with Crippen molar-refractivity contribution in [3.05, 3.63) is 57.3 Å². The van der Waals surface area contributed by atoms with E-state index in [0.29, 0.717) is 12.1 Å². The average molecular weight is 308 g/mol. The number of hydrogen-bond donors (Lipinski definition) is 1. The number of halogens is 2. The van der Waals surface area contributed by atoms with Gasteiger partial charge < -0.3 is 5.73 Å². The lowest BCUT2D eigenvalue weighted by molar-refractivity contribution is 0.136. The third-order valence-corrected chi connectivity index (χ3v) is 5.27. The minimum absolute atomic E-state index is 0.193. The standard InChI is InChI=1S/C16H18F2N2S/c1-10-12-5-7-21-16(12)4-6-20(10)15(9-19)13-3-2-11(17)8-14(13)18/h2-3,5,7-8,10,15H,4,6,9,19H2,1H3. The van der Waals surface area contributed by atoms with Gasteiger partial charge in [0.1, 0.15) is 11.6 Å². The number of thiophene rings is 1. The van der Waals surface area contributed by atoms with Crippen molar-refractivity contribution in [1.29, 1.82) is 0 Å². The first-order valence-corrected chi connectivity index (χ1v) is 7.96. The van der Waals surface area contributed by atoms with Crippen molar-refractivity contribution >= 4 is 11.3 Å². The van der Waals surface area contributed by atoms with Gasteiger partial charge in [-0.15, -0.1) is 11.3 Å². The molecule has 0 saturated carbocycles. The number of nitrogens with zero attached hydrogens (tertiary/aromatic N) is 1. The smallest absolute Gasteiger partial charge is 0.130 e. The lowest BCUT2D eigenvalue weighted by Gasteiger charge is -2.39. The van der Waals surface area contributed by atoms with Gasteiger partial charge in [0.25, 0.3) is 0 Å². The monoisotopic (exact) mass is 308 g/mol. The predicted molar refractivity (Wildman–Crippen MR) is 81.3 cm³/mol. The maximum Gasteiger partial charge on any atom is 0.130 e. The Bertz CT molecular complexity index is 641. The van der Waals surface area contributed by atoms with Crippen LogP contribution in [0.25, 0.3) is 0 Å². The molecule has 1 aliphatic rings. The van der Waals surface area contributed by atoms with Crippen molar-refractivity contribution < 1.29 is 8.78 Å². The second kappa shape index (κ2) is 5.83. The van der Waals surface area contributed by atoms with E-state index in [1.165, 1.54) is 22.6 Å². The summed E-state index contributed by atoms with van der Waals surface area (Å²) in [6.45, 7) is 3.27. The molecule has 2 nitrogen and oxygen atoms in total. The van der Waals surface area contributed by atoms with Crippen LogP contribution in [0.15, 0.2) is 29.6 Å². The van der Waals surface area contributed by atoms with Crippen molar-refractivity contribution in [2.24, 2.45) is 5.73 Å². The van der Waals surface area contributed by atoms with E-state index in [1.54, 1.807) is 11.3 Å². The van der Waals surface area contributed by atoms with Crippen LogP contribution in [0.2, 0.25) is 0 Å². The van der Waals surface area contributed by atoms with Crippen LogP contribution in [0.5, 0.6) is 0 Å². The van der Waals surface area contributed by atoms with Gasteiger partial charge in [-0.1, -0.05) is 6.07 Å². The van der Waals surface area contributed by atoms with Crippen molar-refractivity contribution in [3.8, 4) is 0 Å². The lowest BCUT2D eigenvalue weighted by Crippen LogP contribution is -2.40. The summed E-state index contributed by atoms with van der Waals surface area (Å²) >= 11 is 1.77. The molecule has 1 aromatic carbocycles. The number of rotatable bonds is 3. The summed E-state index contributed by atoms with van der Waals surface area (Å²) in [6, 6.07) is 5.84. The second-order valence-corrected chi connectivity index (χ2v) is 6.38. The average Bonchev–Trinajstić information content (AvgIpc) is 2.93. The quantitative estimate of drug-likeness (QED) is 0.938. The first kappa shape index (κ1) is 14.6. The Labute approximate surface area is 127 Å². The summed E-state index contributed by atoms with van der Waals surface area (Å²) in [5, 5.41) is 2.10. The largest absolute Gasteiger partial charge is 0.329 e. The van der Waals surface area contributed by atoms with Gasteiger partial charge in [0.2, 0.25) is 0 Å². The summed E-state index contributed by atoms with van der Waals surface area (Å²) in [4.78, 5) is 3.61. The molecule has 0 saturated heterocycles. The summed E-state index contributed by atoms with van der Waals surface area (Å²) in [5.41, 5.74) is 7.68. The zero-order valence-electron chi connectivity index (χ0n) is 11.9. The molecular formula is C16H18F2N2S. The van der Waals surface area contributed by atoms with E-state index in [-0.39, 0.29) is 12.1 Å². The molecule has 2 unspecified atom stereocenters. The SMILES string of the molecule is CC1c2ccsc2CCN1C(CN)c1ccc(F)cc1F. The highest BCUT2D eigenvalue weighted by Gasteiger charge is 2.31. The Hall–Kier alpha value is -1.30. The molecule has 2 aromatic rings. The molecule has 0 aliphatic carbocycles. The highest BCUT2D eigenvalue weighted by Crippen LogP contribution is 2.38. The molecule has 3 rings (SSSR count). The molecule has 21 heavy (non-hydrogen) atoms. The summed E-state index contributed by atoms with van der Waals surface area (Å²) < 4.78 is 27.2. The van der Waals surface area contributed by atoms with Crippen molar-refractivity contribution in [1.82, 2.24) is 4.90 Å². The van der Waals surface area contributed by atoms with Crippen LogP contribution in [0.4, 0.5) is 8.78 Å². The van der Waals surface area contributed by atoms with Gasteiger partial charge in [-0.05, 0) is 36.4 Å². The predicted octanol–water partition coefficient (Wildman–Crippen LogP) is 3.65. The Morgan fingerprint density at radius 1 is 1.38 bits per heavy atom. The molecule has 0 spiro atoms. The van der Waals surface area contributed by atoms with Gasteiger partial charge >= 0.3 is 0 Å². The topological polar surface area (TPSA) is 29.3 Å². The van der Waals surface area contributed by atoms with E-state index >= 15 is 0 Å². The van der Waals surface area contributed by atoms with E-state index in [0.717, 1.165) is 19.0 Å². The maximum absolute atomic E-state index is 14.1. The third kappa shape index (κ3) is 2.61.